The van der Waals surface area contributed by atoms with Crippen molar-refractivity contribution in [2.45, 2.75) is 27.2 Å². The first-order valence-corrected chi connectivity index (χ1v) is 7.02. The van der Waals surface area contributed by atoms with Crippen molar-refractivity contribution >= 4 is 0 Å². The summed E-state index contributed by atoms with van der Waals surface area (Å²) in [6, 6.07) is 0. The predicted molar refractivity (Wildman–Crippen MR) is 77.1 cm³/mol. The van der Waals surface area contributed by atoms with Crippen LogP contribution in [0.25, 0.3) is 0 Å². The van der Waals surface area contributed by atoms with Crippen molar-refractivity contribution in [1.82, 2.24) is 10.2 Å². The van der Waals surface area contributed by atoms with Gasteiger partial charge in [0.05, 0.1) is 13.2 Å². The van der Waals surface area contributed by atoms with Crippen LogP contribution in [0.5, 0.6) is 0 Å². The van der Waals surface area contributed by atoms with E-state index in [2.05, 4.69) is 31.0 Å². The lowest BCUT2D eigenvalue weighted by Gasteiger charge is -2.35. The number of nitrogens with one attached hydrogen (secondary N) is 1. The highest BCUT2D eigenvalue weighted by atomic mass is 16.5. The molecule has 4 heteroatoms. The number of hydrogen-bond donors (Lipinski definition) is 1. The molecule has 1 unspecified atom stereocenters. The fraction of sp³-hybridized carbons (Fsp3) is 1.00. The Morgan fingerprint density at radius 1 is 1.06 bits per heavy atom. The lowest BCUT2D eigenvalue weighted by atomic mass is 9.86. The summed E-state index contributed by atoms with van der Waals surface area (Å²) >= 11 is 0. The van der Waals surface area contributed by atoms with Gasteiger partial charge in [-0.15, -0.1) is 0 Å². The average Bonchev–Trinajstić information content (AvgIpc) is 2.39. The molecule has 0 radical (unpaired) electrons. The van der Waals surface area contributed by atoms with Crippen LogP contribution in [0.1, 0.15) is 27.2 Å². The maximum absolute atomic E-state index is 5.18. The van der Waals surface area contributed by atoms with Crippen LogP contribution in [0.2, 0.25) is 0 Å². The molecule has 0 bridgehead atoms. The van der Waals surface area contributed by atoms with Crippen molar-refractivity contribution in [2.24, 2.45) is 5.41 Å². The molecular weight excluding hydrogens is 228 g/mol. The van der Waals surface area contributed by atoms with Gasteiger partial charge in [0.25, 0.3) is 0 Å². The molecule has 0 aromatic heterocycles. The van der Waals surface area contributed by atoms with E-state index in [9.17, 15) is 0 Å². The van der Waals surface area contributed by atoms with Crippen LogP contribution in [0, 0.1) is 5.41 Å². The van der Waals surface area contributed by atoms with Gasteiger partial charge in [0.1, 0.15) is 0 Å². The minimum atomic E-state index is 0.317. The topological polar surface area (TPSA) is 33.7 Å². The maximum Gasteiger partial charge on any atom is 0.0589 e. The van der Waals surface area contributed by atoms with Crippen LogP contribution in [0.4, 0.5) is 0 Å². The molecule has 0 heterocycles. The highest BCUT2D eigenvalue weighted by Gasteiger charge is 2.24. The molecule has 0 aromatic carbocycles. The van der Waals surface area contributed by atoms with Crippen LogP contribution in [0.15, 0.2) is 0 Å². The summed E-state index contributed by atoms with van der Waals surface area (Å²) in [5, 5.41) is 3.47. The Morgan fingerprint density at radius 3 is 2.00 bits per heavy atom. The second-order valence-corrected chi connectivity index (χ2v) is 5.21. The summed E-state index contributed by atoms with van der Waals surface area (Å²) in [5.41, 5.74) is 0.317. The van der Waals surface area contributed by atoms with E-state index in [1.54, 1.807) is 14.2 Å². The van der Waals surface area contributed by atoms with E-state index >= 15 is 0 Å². The average molecular weight is 260 g/mol. The highest BCUT2D eigenvalue weighted by molar-refractivity contribution is 4.79. The molecule has 0 amide bonds. The van der Waals surface area contributed by atoms with E-state index in [1.165, 1.54) is 6.42 Å². The van der Waals surface area contributed by atoms with Gasteiger partial charge >= 0.3 is 0 Å². The Hall–Kier alpha value is -0.160. The molecule has 0 rings (SSSR count). The van der Waals surface area contributed by atoms with E-state index in [1.807, 2.05) is 0 Å². The van der Waals surface area contributed by atoms with E-state index in [0.29, 0.717) is 5.41 Å². The van der Waals surface area contributed by atoms with E-state index in [0.717, 1.165) is 45.9 Å². The number of nitrogens with zero attached hydrogens (tertiary/aromatic N) is 1. The Bertz CT molecular complexity index is 183. The van der Waals surface area contributed by atoms with Gasteiger partial charge in [0.15, 0.2) is 0 Å². The summed E-state index contributed by atoms with van der Waals surface area (Å²) in [7, 11) is 3.51. The van der Waals surface area contributed by atoms with Crippen molar-refractivity contribution < 1.29 is 9.47 Å². The highest BCUT2D eigenvalue weighted by Crippen LogP contribution is 2.21. The minimum absolute atomic E-state index is 0.317. The summed E-state index contributed by atoms with van der Waals surface area (Å²) in [6.07, 6.45) is 1.18. The van der Waals surface area contributed by atoms with Crippen molar-refractivity contribution in [1.29, 1.82) is 0 Å². The molecule has 110 valence electrons. The molecule has 0 aliphatic heterocycles. The van der Waals surface area contributed by atoms with Crippen molar-refractivity contribution in [3.05, 3.63) is 0 Å². The monoisotopic (exact) mass is 260 g/mol. The van der Waals surface area contributed by atoms with Crippen molar-refractivity contribution in [3.63, 3.8) is 0 Å². The van der Waals surface area contributed by atoms with Gasteiger partial charge in [-0.3, -0.25) is 4.90 Å². The molecular formula is C14H32N2O2. The normalized spacial score (nSPS) is 15.0. The number of ether oxygens (including phenoxy) is 2. The Morgan fingerprint density at radius 2 is 1.61 bits per heavy atom. The predicted octanol–water partition coefficient (Wildman–Crippen LogP) is 1.61. The standard InChI is InChI=1S/C14H32N2O2/c1-6-14(3,12-15-7-2)13-16(8-10-17-4)9-11-18-5/h15H,6-13H2,1-5H3. The Kier molecular flexibility index (Phi) is 10.6. The van der Waals surface area contributed by atoms with Crippen molar-refractivity contribution in [2.75, 3.05) is 60.2 Å². The lowest BCUT2D eigenvalue weighted by Crippen LogP contribution is -2.44. The third kappa shape index (κ3) is 8.03. The minimum Gasteiger partial charge on any atom is -0.383 e. The third-order valence-electron chi connectivity index (χ3n) is 3.48. The van der Waals surface area contributed by atoms with Crippen LogP contribution in [-0.2, 0) is 9.47 Å². The molecule has 18 heavy (non-hydrogen) atoms. The smallest absolute Gasteiger partial charge is 0.0589 e. The zero-order valence-corrected chi connectivity index (χ0v) is 12.9. The van der Waals surface area contributed by atoms with Crippen LogP contribution < -0.4 is 5.32 Å². The lowest BCUT2D eigenvalue weighted by molar-refractivity contribution is 0.0822. The Balaban J connectivity index is 4.29. The molecule has 1 N–H and O–H groups in total. The van der Waals surface area contributed by atoms with Gasteiger partial charge in [-0.25, -0.2) is 0 Å². The van der Waals surface area contributed by atoms with Crippen LogP contribution in [0.3, 0.4) is 0 Å². The van der Waals surface area contributed by atoms with Gasteiger partial charge in [0, 0.05) is 40.4 Å². The number of rotatable bonds is 12. The first-order valence-electron chi connectivity index (χ1n) is 7.02. The fourth-order valence-corrected chi connectivity index (χ4v) is 1.97. The van der Waals surface area contributed by atoms with E-state index < -0.39 is 0 Å². The first kappa shape index (κ1) is 17.8. The van der Waals surface area contributed by atoms with Crippen molar-refractivity contribution in [3.8, 4) is 0 Å². The van der Waals surface area contributed by atoms with Gasteiger partial charge < -0.3 is 14.8 Å². The summed E-state index contributed by atoms with van der Waals surface area (Å²) in [4.78, 5) is 2.44. The zero-order chi connectivity index (χ0) is 13.9. The molecule has 0 saturated carbocycles. The third-order valence-corrected chi connectivity index (χ3v) is 3.48. The molecule has 0 fully saturated rings. The van der Waals surface area contributed by atoms with Gasteiger partial charge in [-0.2, -0.15) is 0 Å². The number of methoxy groups -OCH3 is 2. The van der Waals surface area contributed by atoms with E-state index in [4.69, 9.17) is 9.47 Å². The van der Waals surface area contributed by atoms with E-state index in [-0.39, 0.29) is 0 Å². The first-order chi connectivity index (χ1) is 8.61. The molecule has 0 aliphatic rings. The molecule has 0 spiro atoms. The molecule has 0 aromatic rings. The summed E-state index contributed by atoms with van der Waals surface area (Å²) < 4.78 is 10.4. The summed E-state index contributed by atoms with van der Waals surface area (Å²) in [6.45, 7) is 13.5. The van der Waals surface area contributed by atoms with Gasteiger partial charge in [0.2, 0.25) is 0 Å². The zero-order valence-electron chi connectivity index (χ0n) is 12.9. The second-order valence-electron chi connectivity index (χ2n) is 5.21. The Labute approximate surface area is 113 Å². The molecule has 0 saturated heterocycles. The maximum atomic E-state index is 5.18. The largest absolute Gasteiger partial charge is 0.383 e. The fourth-order valence-electron chi connectivity index (χ4n) is 1.97. The molecule has 1 atom stereocenters. The van der Waals surface area contributed by atoms with Gasteiger partial charge in [-0.1, -0.05) is 20.8 Å². The SMILES string of the molecule is CCNCC(C)(CC)CN(CCOC)CCOC. The number of hydrogen-bond acceptors (Lipinski definition) is 4. The second kappa shape index (κ2) is 10.7. The van der Waals surface area contributed by atoms with Crippen LogP contribution in [-0.4, -0.2) is 65.1 Å². The molecule has 0 aliphatic carbocycles. The van der Waals surface area contributed by atoms with Gasteiger partial charge in [-0.05, 0) is 18.4 Å². The summed E-state index contributed by atoms with van der Waals surface area (Å²) in [5.74, 6) is 0. The molecule has 4 nitrogen and oxygen atoms in total. The van der Waals surface area contributed by atoms with Crippen LogP contribution >= 0.6 is 0 Å². The quantitative estimate of drug-likeness (QED) is 0.578.